The van der Waals surface area contributed by atoms with E-state index in [-0.39, 0.29) is 15.6 Å². The monoisotopic (exact) mass is 445 g/mol. The molecule has 0 bridgehead atoms. The van der Waals surface area contributed by atoms with E-state index in [4.69, 9.17) is 0 Å². The first-order valence-corrected chi connectivity index (χ1v) is 12.3. The van der Waals surface area contributed by atoms with E-state index < -0.39 is 26.0 Å². The number of sulfonamides is 2. The number of carbonyl (C=O) groups excluding carboxylic acids is 1. The molecule has 28 heavy (non-hydrogen) atoms. The van der Waals surface area contributed by atoms with Gasteiger partial charge in [-0.15, -0.1) is 11.3 Å². The summed E-state index contributed by atoms with van der Waals surface area (Å²) in [6, 6.07) is 8.87. The van der Waals surface area contributed by atoms with Gasteiger partial charge in [-0.1, -0.05) is 19.9 Å². The first-order valence-electron chi connectivity index (χ1n) is 8.52. The van der Waals surface area contributed by atoms with Crippen molar-refractivity contribution in [3.63, 3.8) is 0 Å². The number of hydrogen-bond donors (Lipinski definition) is 1. The predicted octanol–water partition coefficient (Wildman–Crippen LogP) is 2.04. The van der Waals surface area contributed by atoms with Crippen molar-refractivity contribution in [2.45, 2.75) is 23.0 Å². The molecule has 8 nitrogen and oxygen atoms in total. The number of amides is 1. The number of hydrogen-bond acceptors (Lipinski definition) is 6. The molecular weight excluding hydrogens is 422 g/mol. The highest BCUT2D eigenvalue weighted by Crippen LogP contribution is 2.20. The van der Waals surface area contributed by atoms with E-state index in [1.807, 2.05) is 0 Å². The number of nitrogens with one attached hydrogen (secondary N) is 1. The maximum Gasteiger partial charge on any atom is 0.252 e. The van der Waals surface area contributed by atoms with Gasteiger partial charge in [0.1, 0.15) is 4.21 Å². The lowest BCUT2D eigenvalue weighted by molar-refractivity contribution is -0.116. The van der Waals surface area contributed by atoms with Crippen molar-refractivity contribution >= 4 is 43.0 Å². The van der Waals surface area contributed by atoms with Crippen molar-refractivity contribution in [3.8, 4) is 0 Å². The van der Waals surface area contributed by atoms with Crippen LogP contribution in [0.3, 0.4) is 0 Å². The van der Waals surface area contributed by atoms with Crippen molar-refractivity contribution in [2.75, 3.05) is 32.0 Å². The minimum atomic E-state index is -3.72. The van der Waals surface area contributed by atoms with Gasteiger partial charge in [-0.05, 0) is 35.7 Å². The number of thiophene rings is 1. The normalized spacial score (nSPS) is 12.5. The maximum atomic E-state index is 12.5. The zero-order chi connectivity index (χ0) is 20.9. The quantitative estimate of drug-likeness (QED) is 0.636. The summed E-state index contributed by atoms with van der Waals surface area (Å²) in [5.41, 5.74) is 0.380. The fourth-order valence-corrected chi connectivity index (χ4v) is 6.26. The Morgan fingerprint density at radius 3 is 2.11 bits per heavy atom. The fraction of sp³-hybridized carbons (Fsp3) is 0.353. The number of likely N-dealkylation sites (N-methyl/N-ethyl adjacent to an activating group) is 1. The second-order valence-corrected chi connectivity index (χ2v) is 11.0. The molecule has 1 N–H and O–H groups in total. The van der Waals surface area contributed by atoms with Crippen LogP contribution in [0.5, 0.6) is 0 Å². The van der Waals surface area contributed by atoms with Gasteiger partial charge in [0.05, 0.1) is 11.4 Å². The number of anilines is 1. The number of rotatable bonds is 9. The summed E-state index contributed by atoms with van der Waals surface area (Å²) >= 11 is 1.08. The van der Waals surface area contributed by atoms with Gasteiger partial charge < -0.3 is 5.32 Å². The van der Waals surface area contributed by atoms with Crippen LogP contribution in [0.2, 0.25) is 0 Å². The van der Waals surface area contributed by atoms with Crippen molar-refractivity contribution in [3.05, 3.63) is 41.8 Å². The molecule has 0 atom stereocenters. The Balaban J connectivity index is 2.05. The molecule has 2 rings (SSSR count). The lowest BCUT2D eigenvalue weighted by Gasteiger charge is -2.18. The van der Waals surface area contributed by atoms with Crippen LogP contribution in [0.15, 0.2) is 50.9 Å². The minimum absolute atomic E-state index is 0.131. The Labute approximate surface area is 169 Å². The van der Waals surface area contributed by atoms with Crippen LogP contribution in [-0.2, 0) is 24.8 Å². The summed E-state index contributed by atoms with van der Waals surface area (Å²) in [5.74, 6) is -0.526. The molecule has 0 aliphatic carbocycles. The van der Waals surface area contributed by atoms with Gasteiger partial charge in [0, 0.05) is 25.8 Å². The Morgan fingerprint density at radius 2 is 1.61 bits per heavy atom. The van der Waals surface area contributed by atoms with Crippen molar-refractivity contribution in [2.24, 2.45) is 0 Å². The largest absolute Gasteiger partial charge is 0.325 e. The third-order valence-corrected chi connectivity index (χ3v) is 9.25. The van der Waals surface area contributed by atoms with E-state index in [2.05, 4.69) is 5.32 Å². The van der Waals surface area contributed by atoms with E-state index in [9.17, 15) is 21.6 Å². The molecule has 0 aliphatic heterocycles. The van der Waals surface area contributed by atoms with Crippen molar-refractivity contribution < 1.29 is 21.6 Å². The van der Waals surface area contributed by atoms with Crippen LogP contribution in [-0.4, -0.2) is 58.0 Å². The highest BCUT2D eigenvalue weighted by Gasteiger charge is 2.24. The summed E-state index contributed by atoms with van der Waals surface area (Å²) in [5, 5.41) is 4.22. The molecule has 0 radical (unpaired) electrons. The van der Waals surface area contributed by atoms with Crippen molar-refractivity contribution in [1.82, 2.24) is 8.61 Å². The van der Waals surface area contributed by atoms with Gasteiger partial charge in [0.2, 0.25) is 15.9 Å². The second-order valence-electron chi connectivity index (χ2n) is 5.86. The summed E-state index contributed by atoms with van der Waals surface area (Å²) in [7, 11) is -5.97. The molecule has 154 valence electrons. The smallest absolute Gasteiger partial charge is 0.252 e. The second kappa shape index (κ2) is 9.14. The molecule has 1 aromatic carbocycles. The number of benzene rings is 1. The maximum absolute atomic E-state index is 12.5. The van der Waals surface area contributed by atoms with Gasteiger partial charge >= 0.3 is 0 Å². The molecule has 0 aliphatic rings. The van der Waals surface area contributed by atoms with Crippen LogP contribution >= 0.6 is 11.3 Å². The molecule has 11 heteroatoms. The summed E-state index contributed by atoms with van der Waals surface area (Å²) in [6.07, 6.45) is 0. The molecule has 0 saturated carbocycles. The van der Waals surface area contributed by atoms with Gasteiger partial charge in [-0.25, -0.2) is 16.8 Å². The zero-order valence-corrected chi connectivity index (χ0v) is 18.3. The van der Waals surface area contributed by atoms with Crippen LogP contribution in [0.4, 0.5) is 5.69 Å². The number of nitrogens with zero attached hydrogens (tertiary/aromatic N) is 2. The third kappa shape index (κ3) is 4.97. The highest BCUT2D eigenvalue weighted by atomic mass is 32.2. The van der Waals surface area contributed by atoms with Gasteiger partial charge in [-0.2, -0.15) is 8.61 Å². The molecule has 0 saturated heterocycles. The first-order chi connectivity index (χ1) is 13.1. The van der Waals surface area contributed by atoms with Crippen LogP contribution < -0.4 is 5.32 Å². The third-order valence-electron chi connectivity index (χ3n) is 4.01. The highest BCUT2D eigenvalue weighted by molar-refractivity contribution is 7.91. The Kier molecular flexibility index (Phi) is 7.34. The molecule has 0 fully saturated rings. The predicted molar refractivity (Wildman–Crippen MR) is 109 cm³/mol. The summed E-state index contributed by atoms with van der Waals surface area (Å²) in [4.78, 5) is 12.3. The average Bonchev–Trinajstić information content (AvgIpc) is 3.18. The molecule has 1 aromatic heterocycles. The molecule has 1 amide bonds. The van der Waals surface area contributed by atoms with E-state index >= 15 is 0 Å². The molecule has 1 heterocycles. The SMILES string of the molecule is CCN(CC)S(=O)(=O)c1ccc(NC(=O)CN(C)S(=O)(=O)c2cccs2)cc1. The molecule has 0 unspecified atom stereocenters. The standard InChI is InChI=1S/C17H23N3O5S3/c1-4-20(5-2)27(22,23)15-10-8-14(9-11-15)18-16(21)13-19(3)28(24,25)17-7-6-12-26-17/h6-12H,4-5,13H2,1-3H3,(H,18,21). The lowest BCUT2D eigenvalue weighted by Crippen LogP contribution is -2.34. The zero-order valence-electron chi connectivity index (χ0n) is 15.8. The fourth-order valence-electron chi connectivity index (χ4n) is 2.47. The summed E-state index contributed by atoms with van der Waals surface area (Å²) in [6.45, 7) is 3.89. The summed E-state index contributed by atoms with van der Waals surface area (Å²) < 4.78 is 52.1. The Morgan fingerprint density at radius 1 is 1.00 bits per heavy atom. The van der Waals surface area contributed by atoms with Crippen LogP contribution in [0, 0.1) is 0 Å². The molecular formula is C17H23N3O5S3. The van der Waals surface area contributed by atoms with E-state index in [0.717, 1.165) is 15.6 Å². The minimum Gasteiger partial charge on any atom is -0.325 e. The van der Waals surface area contributed by atoms with Crippen molar-refractivity contribution in [1.29, 1.82) is 0 Å². The lowest BCUT2D eigenvalue weighted by atomic mass is 10.3. The first kappa shape index (κ1) is 22.5. The van der Waals surface area contributed by atoms with E-state index in [0.29, 0.717) is 18.8 Å². The number of carbonyl (C=O) groups is 1. The Hall–Kier alpha value is -1.79. The van der Waals surface area contributed by atoms with Crippen LogP contribution in [0.1, 0.15) is 13.8 Å². The van der Waals surface area contributed by atoms with E-state index in [1.54, 1.807) is 25.3 Å². The molecule has 2 aromatic rings. The topological polar surface area (TPSA) is 104 Å². The van der Waals surface area contributed by atoms with Gasteiger partial charge in [0.25, 0.3) is 10.0 Å². The van der Waals surface area contributed by atoms with E-state index in [1.165, 1.54) is 41.7 Å². The Bertz CT molecular complexity index is 997. The van der Waals surface area contributed by atoms with Gasteiger partial charge in [-0.3, -0.25) is 4.79 Å². The van der Waals surface area contributed by atoms with Crippen LogP contribution in [0.25, 0.3) is 0 Å². The molecule has 0 spiro atoms. The average molecular weight is 446 g/mol. The van der Waals surface area contributed by atoms with Gasteiger partial charge in [0.15, 0.2) is 0 Å².